The van der Waals surface area contributed by atoms with E-state index in [0.717, 1.165) is 0 Å². The number of Topliss-reactive ketones (excluding diaryl/α,β-unsaturated/α-hetero) is 1. The maximum Gasteiger partial charge on any atom is 0.135 e. The van der Waals surface area contributed by atoms with Gasteiger partial charge in [-0.15, -0.1) is 0 Å². The van der Waals surface area contributed by atoms with Gasteiger partial charge in [-0.2, -0.15) is 0 Å². The summed E-state index contributed by atoms with van der Waals surface area (Å²) in [5, 5.41) is 0.200. The number of carbonyl (C=O) groups is 1. The molecule has 0 aromatic rings. The molecule has 52 valence electrons. The van der Waals surface area contributed by atoms with Crippen LogP contribution in [0, 0.1) is 0 Å². The normalized spacial score (nSPS) is 8.89. The van der Waals surface area contributed by atoms with Gasteiger partial charge in [0, 0.05) is 6.42 Å². The van der Waals surface area contributed by atoms with Gasteiger partial charge in [0.2, 0.25) is 0 Å². The smallest absolute Gasteiger partial charge is 0.135 e. The summed E-state index contributed by atoms with van der Waals surface area (Å²) in [5.41, 5.74) is 0. The first-order chi connectivity index (χ1) is 4.04. The molecule has 0 bridgehead atoms. The van der Waals surface area contributed by atoms with Crippen molar-refractivity contribution in [2.45, 2.75) is 13.3 Å². The molecule has 0 fully saturated rings. The molecule has 0 aliphatic carbocycles. The van der Waals surface area contributed by atoms with Gasteiger partial charge in [-0.1, -0.05) is 34.8 Å². The molecule has 4 heteroatoms. The predicted octanol–water partition coefficient (Wildman–Crippen LogP) is 2.85. The van der Waals surface area contributed by atoms with Gasteiger partial charge in [0.15, 0.2) is 0 Å². The van der Waals surface area contributed by atoms with E-state index in [2.05, 4.69) is 0 Å². The van der Waals surface area contributed by atoms with Crippen LogP contribution in [0.25, 0.3) is 0 Å². The van der Waals surface area contributed by atoms with E-state index < -0.39 is 0 Å². The molecule has 0 aromatic carbocycles. The van der Waals surface area contributed by atoms with E-state index in [1.54, 1.807) is 0 Å². The average molecular weight is 187 g/mol. The van der Waals surface area contributed by atoms with Crippen LogP contribution in [-0.2, 0) is 4.79 Å². The standard InChI is InChI=1S/C5H5Cl3O/c1-3(9)2-4(6)5(7)8/h2H2,1H3. The maximum atomic E-state index is 10.3. The molecule has 0 spiro atoms. The van der Waals surface area contributed by atoms with Gasteiger partial charge >= 0.3 is 0 Å². The van der Waals surface area contributed by atoms with Crippen LogP contribution in [-0.4, -0.2) is 5.78 Å². The number of carbonyl (C=O) groups excluding carboxylic acids is 1. The lowest BCUT2D eigenvalue weighted by Crippen LogP contribution is -1.88. The molecule has 0 saturated heterocycles. The molecule has 0 aromatic heterocycles. The minimum Gasteiger partial charge on any atom is -0.300 e. The Bertz CT molecular complexity index is 146. The van der Waals surface area contributed by atoms with Gasteiger partial charge in [-0.05, 0) is 6.92 Å². The van der Waals surface area contributed by atoms with Gasteiger partial charge in [-0.25, -0.2) is 0 Å². The molecular formula is C5H5Cl3O. The van der Waals surface area contributed by atoms with Gasteiger partial charge < -0.3 is 0 Å². The van der Waals surface area contributed by atoms with Gasteiger partial charge in [0.1, 0.15) is 10.3 Å². The first-order valence-corrected chi connectivity index (χ1v) is 3.36. The zero-order chi connectivity index (χ0) is 7.44. The third-order valence-electron chi connectivity index (χ3n) is 0.609. The van der Waals surface area contributed by atoms with E-state index in [1.807, 2.05) is 0 Å². The Morgan fingerprint density at radius 3 is 1.89 bits per heavy atom. The molecule has 0 radical (unpaired) electrons. The molecule has 0 saturated carbocycles. The van der Waals surface area contributed by atoms with Crippen LogP contribution in [0.2, 0.25) is 0 Å². The molecule has 0 atom stereocenters. The second kappa shape index (κ2) is 4.15. The Morgan fingerprint density at radius 2 is 1.78 bits per heavy atom. The summed E-state index contributed by atoms with van der Waals surface area (Å²) in [5.74, 6) is -0.0567. The maximum absolute atomic E-state index is 10.3. The summed E-state index contributed by atoms with van der Waals surface area (Å²) in [4.78, 5) is 10.3. The minimum absolute atomic E-state index is 0.0353. The molecule has 0 heterocycles. The van der Waals surface area contributed by atoms with Crippen LogP contribution in [0.5, 0.6) is 0 Å². The monoisotopic (exact) mass is 186 g/mol. The van der Waals surface area contributed by atoms with Crippen molar-refractivity contribution in [1.29, 1.82) is 0 Å². The third-order valence-corrected chi connectivity index (χ3v) is 1.58. The molecular weight excluding hydrogens is 182 g/mol. The molecule has 0 aliphatic heterocycles. The number of allylic oxidation sites excluding steroid dienone is 1. The fourth-order valence-corrected chi connectivity index (χ4v) is 0.607. The number of rotatable bonds is 2. The summed E-state index contributed by atoms with van der Waals surface area (Å²) < 4.78 is -0.0353. The molecule has 0 rings (SSSR count). The van der Waals surface area contributed by atoms with Crippen molar-refractivity contribution in [3.8, 4) is 0 Å². The second-order valence-electron chi connectivity index (χ2n) is 1.54. The Kier molecular flexibility index (Phi) is 4.28. The molecule has 0 aliphatic rings. The van der Waals surface area contributed by atoms with E-state index in [1.165, 1.54) is 6.92 Å². The second-order valence-corrected chi connectivity index (χ2v) is 2.95. The highest BCUT2D eigenvalue weighted by Crippen LogP contribution is 2.20. The molecule has 0 amide bonds. The summed E-state index contributed by atoms with van der Waals surface area (Å²) >= 11 is 15.9. The van der Waals surface area contributed by atoms with Crippen LogP contribution in [0.4, 0.5) is 0 Å². The molecule has 1 nitrogen and oxygen atoms in total. The first kappa shape index (κ1) is 9.28. The van der Waals surface area contributed by atoms with Gasteiger partial charge in [0.05, 0.1) is 5.03 Å². The Balaban J connectivity index is 3.92. The van der Waals surface area contributed by atoms with E-state index in [0.29, 0.717) is 0 Å². The minimum atomic E-state index is -0.0567. The Labute approximate surface area is 68.6 Å². The van der Waals surface area contributed by atoms with Gasteiger partial charge in [-0.3, -0.25) is 4.79 Å². The van der Waals surface area contributed by atoms with Crippen LogP contribution in [0.1, 0.15) is 13.3 Å². The topological polar surface area (TPSA) is 17.1 Å². The summed E-state index contributed by atoms with van der Waals surface area (Å²) in [6, 6.07) is 0. The van der Waals surface area contributed by atoms with E-state index >= 15 is 0 Å². The van der Waals surface area contributed by atoms with Crippen molar-refractivity contribution in [2.24, 2.45) is 0 Å². The van der Waals surface area contributed by atoms with Crippen LogP contribution in [0.15, 0.2) is 9.52 Å². The number of hydrogen-bond donors (Lipinski definition) is 0. The third kappa shape index (κ3) is 4.76. The fraction of sp³-hybridized carbons (Fsp3) is 0.400. The van der Waals surface area contributed by atoms with E-state index in [9.17, 15) is 4.79 Å². The van der Waals surface area contributed by atoms with Crippen molar-refractivity contribution >= 4 is 40.6 Å². The van der Waals surface area contributed by atoms with Crippen molar-refractivity contribution in [3.05, 3.63) is 9.52 Å². The Morgan fingerprint density at radius 1 is 1.33 bits per heavy atom. The van der Waals surface area contributed by atoms with Crippen LogP contribution in [0.3, 0.4) is 0 Å². The highest BCUT2D eigenvalue weighted by Gasteiger charge is 2.01. The predicted molar refractivity (Wildman–Crippen MR) is 39.9 cm³/mol. The molecule has 0 unspecified atom stereocenters. The number of hydrogen-bond acceptors (Lipinski definition) is 1. The number of halogens is 3. The van der Waals surface area contributed by atoms with Crippen molar-refractivity contribution in [3.63, 3.8) is 0 Å². The van der Waals surface area contributed by atoms with Crippen molar-refractivity contribution < 1.29 is 4.79 Å². The lowest BCUT2D eigenvalue weighted by atomic mass is 10.3. The zero-order valence-electron chi connectivity index (χ0n) is 4.75. The largest absolute Gasteiger partial charge is 0.300 e. The molecule has 0 N–H and O–H groups in total. The summed E-state index contributed by atoms with van der Waals surface area (Å²) in [6.07, 6.45) is 0.115. The lowest BCUT2D eigenvalue weighted by molar-refractivity contribution is -0.116. The SMILES string of the molecule is CC(=O)CC(Cl)=C(Cl)Cl. The first-order valence-electron chi connectivity index (χ1n) is 2.23. The highest BCUT2D eigenvalue weighted by atomic mass is 35.5. The zero-order valence-corrected chi connectivity index (χ0v) is 7.02. The highest BCUT2D eigenvalue weighted by molar-refractivity contribution is 6.59. The number of ketones is 1. The lowest BCUT2D eigenvalue weighted by Gasteiger charge is -1.91. The summed E-state index contributed by atoms with van der Waals surface area (Å²) in [6.45, 7) is 1.42. The van der Waals surface area contributed by atoms with E-state index in [-0.39, 0.29) is 21.7 Å². The van der Waals surface area contributed by atoms with E-state index in [4.69, 9.17) is 34.8 Å². The quantitative estimate of drug-likeness (QED) is 0.650. The Hall–Kier alpha value is 0.280. The fourth-order valence-electron chi connectivity index (χ4n) is 0.285. The molecule has 9 heavy (non-hydrogen) atoms. The van der Waals surface area contributed by atoms with Crippen LogP contribution < -0.4 is 0 Å². The average Bonchev–Trinajstić information content (AvgIpc) is 1.63. The van der Waals surface area contributed by atoms with Crippen molar-refractivity contribution in [1.82, 2.24) is 0 Å². The van der Waals surface area contributed by atoms with Crippen LogP contribution >= 0.6 is 34.8 Å². The van der Waals surface area contributed by atoms with Crippen molar-refractivity contribution in [2.75, 3.05) is 0 Å². The van der Waals surface area contributed by atoms with Gasteiger partial charge in [0.25, 0.3) is 0 Å². The summed E-state index contributed by atoms with van der Waals surface area (Å²) in [7, 11) is 0.